The van der Waals surface area contributed by atoms with Crippen LogP contribution in [-0.4, -0.2) is 41.7 Å². The maximum atomic E-state index is 12.1. The number of aliphatic hydroxyl groups is 1. The average molecular weight is 287 g/mol. The first-order valence-corrected chi connectivity index (χ1v) is 7.38. The number of hydrogen-bond donors (Lipinski definition) is 2. The second kappa shape index (κ2) is 7.77. The van der Waals surface area contributed by atoms with Gasteiger partial charge in [0.05, 0.1) is 24.8 Å². The SMILES string of the molecule is N#Cc1cccc(NC(=O)CN2CCCCCC2CO)c1. The van der Waals surface area contributed by atoms with E-state index in [2.05, 4.69) is 16.3 Å². The highest BCUT2D eigenvalue weighted by Gasteiger charge is 2.22. The molecule has 0 bridgehead atoms. The van der Waals surface area contributed by atoms with Gasteiger partial charge in [-0.3, -0.25) is 9.69 Å². The first-order chi connectivity index (χ1) is 10.2. The molecule has 21 heavy (non-hydrogen) atoms. The Hall–Kier alpha value is -1.90. The predicted octanol–water partition coefficient (Wildman–Crippen LogP) is 1.73. The van der Waals surface area contributed by atoms with Crippen LogP contribution in [0, 0.1) is 11.3 Å². The van der Waals surface area contributed by atoms with E-state index in [1.54, 1.807) is 24.3 Å². The van der Waals surface area contributed by atoms with Crippen LogP contribution in [0.2, 0.25) is 0 Å². The summed E-state index contributed by atoms with van der Waals surface area (Å²) < 4.78 is 0. The quantitative estimate of drug-likeness (QED) is 0.884. The predicted molar refractivity (Wildman–Crippen MR) is 80.7 cm³/mol. The summed E-state index contributed by atoms with van der Waals surface area (Å²) in [6, 6.07) is 9.00. The second-order valence-electron chi connectivity index (χ2n) is 5.40. The normalized spacial score (nSPS) is 19.5. The molecule has 1 heterocycles. The molecule has 1 unspecified atom stereocenters. The highest BCUT2D eigenvalue weighted by molar-refractivity contribution is 5.92. The average Bonchev–Trinajstić information content (AvgIpc) is 2.72. The molecule has 1 amide bonds. The van der Waals surface area contributed by atoms with E-state index in [4.69, 9.17) is 5.26 Å². The Balaban J connectivity index is 1.95. The summed E-state index contributed by atoms with van der Waals surface area (Å²) in [6.07, 6.45) is 4.26. The molecule has 1 atom stereocenters. The molecule has 0 aromatic heterocycles. The Morgan fingerprint density at radius 3 is 3.05 bits per heavy atom. The van der Waals surface area contributed by atoms with Crippen molar-refractivity contribution in [3.63, 3.8) is 0 Å². The van der Waals surface area contributed by atoms with Crippen LogP contribution >= 0.6 is 0 Å². The van der Waals surface area contributed by atoms with Crippen LogP contribution in [0.1, 0.15) is 31.2 Å². The Labute approximate surface area is 125 Å². The summed E-state index contributed by atoms with van der Waals surface area (Å²) in [6.45, 7) is 1.22. The van der Waals surface area contributed by atoms with E-state index in [1.165, 1.54) is 0 Å². The van der Waals surface area contributed by atoms with Crippen molar-refractivity contribution in [1.29, 1.82) is 5.26 Å². The highest BCUT2D eigenvalue weighted by atomic mass is 16.3. The van der Waals surface area contributed by atoms with Crippen LogP contribution in [0.3, 0.4) is 0 Å². The Morgan fingerprint density at radius 1 is 1.43 bits per heavy atom. The number of aliphatic hydroxyl groups excluding tert-OH is 1. The number of carbonyl (C=O) groups is 1. The van der Waals surface area contributed by atoms with Gasteiger partial charge < -0.3 is 10.4 Å². The summed E-state index contributed by atoms with van der Waals surface area (Å²) in [5, 5.41) is 21.1. The minimum absolute atomic E-state index is 0.0729. The van der Waals surface area contributed by atoms with Crippen LogP contribution in [0.25, 0.3) is 0 Å². The monoisotopic (exact) mass is 287 g/mol. The standard InChI is InChI=1S/C16H21N3O2/c17-10-13-5-4-6-14(9-13)18-16(21)11-19-8-3-1-2-7-15(19)12-20/h4-6,9,15,20H,1-3,7-8,11-12H2,(H,18,21). The number of nitrogens with one attached hydrogen (secondary N) is 1. The molecule has 0 saturated carbocycles. The van der Waals surface area contributed by atoms with Gasteiger partial charge in [-0.25, -0.2) is 0 Å². The van der Waals surface area contributed by atoms with Crippen molar-refractivity contribution in [2.75, 3.05) is 25.0 Å². The van der Waals surface area contributed by atoms with Gasteiger partial charge in [0.25, 0.3) is 0 Å². The zero-order valence-electron chi connectivity index (χ0n) is 12.1. The number of hydrogen-bond acceptors (Lipinski definition) is 4. The van der Waals surface area contributed by atoms with Gasteiger partial charge in [-0.05, 0) is 37.6 Å². The Kier molecular flexibility index (Phi) is 5.73. The van der Waals surface area contributed by atoms with Crippen molar-refractivity contribution in [1.82, 2.24) is 4.90 Å². The Morgan fingerprint density at radius 2 is 2.29 bits per heavy atom. The molecule has 2 rings (SSSR count). The smallest absolute Gasteiger partial charge is 0.238 e. The van der Waals surface area contributed by atoms with Gasteiger partial charge in [-0.2, -0.15) is 5.26 Å². The minimum Gasteiger partial charge on any atom is -0.395 e. The van der Waals surface area contributed by atoms with E-state index in [0.717, 1.165) is 32.2 Å². The fraction of sp³-hybridized carbons (Fsp3) is 0.500. The molecule has 2 N–H and O–H groups in total. The Bertz CT molecular complexity index is 524. The van der Waals surface area contributed by atoms with Crippen molar-refractivity contribution in [3.05, 3.63) is 29.8 Å². The van der Waals surface area contributed by atoms with E-state index in [9.17, 15) is 9.90 Å². The van der Waals surface area contributed by atoms with Crippen LogP contribution in [-0.2, 0) is 4.79 Å². The molecule has 1 saturated heterocycles. The summed E-state index contributed by atoms with van der Waals surface area (Å²) in [5.74, 6) is -0.106. The van der Waals surface area contributed by atoms with Crippen LogP contribution in [0.5, 0.6) is 0 Å². The number of rotatable bonds is 4. The van der Waals surface area contributed by atoms with Gasteiger partial charge in [0.2, 0.25) is 5.91 Å². The first kappa shape index (κ1) is 15.5. The van der Waals surface area contributed by atoms with Crippen LogP contribution in [0.4, 0.5) is 5.69 Å². The molecule has 5 nitrogen and oxygen atoms in total. The first-order valence-electron chi connectivity index (χ1n) is 7.38. The van der Waals surface area contributed by atoms with Crippen molar-refractivity contribution in [2.45, 2.75) is 31.7 Å². The van der Waals surface area contributed by atoms with Crippen LogP contribution in [0.15, 0.2) is 24.3 Å². The maximum absolute atomic E-state index is 12.1. The van der Waals surface area contributed by atoms with Crippen molar-refractivity contribution < 1.29 is 9.90 Å². The van der Waals surface area contributed by atoms with Crippen LogP contribution < -0.4 is 5.32 Å². The van der Waals surface area contributed by atoms with E-state index < -0.39 is 0 Å². The number of nitrogens with zero attached hydrogens (tertiary/aromatic N) is 2. The summed E-state index contributed by atoms with van der Waals surface area (Å²) in [4.78, 5) is 14.2. The van der Waals surface area contributed by atoms with E-state index in [-0.39, 0.29) is 25.1 Å². The van der Waals surface area contributed by atoms with Crippen molar-refractivity contribution >= 4 is 11.6 Å². The third-order valence-corrected chi connectivity index (χ3v) is 3.83. The number of anilines is 1. The number of carbonyl (C=O) groups excluding carboxylic acids is 1. The number of amides is 1. The zero-order valence-corrected chi connectivity index (χ0v) is 12.1. The lowest BCUT2D eigenvalue weighted by molar-refractivity contribution is -0.118. The molecule has 1 aliphatic rings. The van der Waals surface area contributed by atoms with E-state index in [1.807, 2.05) is 0 Å². The van der Waals surface area contributed by atoms with Gasteiger partial charge >= 0.3 is 0 Å². The van der Waals surface area contributed by atoms with Gasteiger partial charge in [-0.1, -0.05) is 18.9 Å². The number of likely N-dealkylation sites (tertiary alicyclic amines) is 1. The third-order valence-electron chi connectivity index (χ3n) is 3.83. The summed E-state index contributed by atoms with van der Waals surface area (Å²) >= 11 is 0. The molecule has 0 radical (unpaired) electrons. The lowest BCUT2D eigenvalue weighted by Gasteiger charge is -2.27. The number of benzene rings is 1. The molecule has 1 aromatic rings. The van der Waals surface area contributed by atoms with Gasteiger partial charge in [0, 0.05) is 11.7 Å². The van der Waals surface area contributed by atoms with Gasteiger partial charge in [0.15, 0.2) is 0 Å². The molecular weight excluding hydrogens is 266 g/mol. The van der Waals surface area contributed by atoms with Gasteiger partial charge in [0.1, 0.15) is 0 Å². The lowest BCUT2D eigenvalue weighted by Crippen LogP contribution is -2.42. The second-order valence-corrected chi connectivity index (χ2v) is 5.40. The summed E-state index contributed by atoms with van der Waals surface area (Å²) in [7, 11) is 0. The fourth-order valence-corrected chi connectivity index (χ4v) is 2.70. The highest BCUT2D eigenvalue weighted by Crippen LogP contribution is 2.16. The maximum Gasteiger partial charge on any atom is 0.238 e. The number of nitriles is 1. The fourth-order valence-electron chi connectivity index (χ4n) is 2.70. The molecule has 1 aromatic carbocycles. The molecule has 1 aliphatic heterocycles. The molecule has 1 fully saturated rings. The topological polar surface area (TPSA) is 76.4 Å². The minimum atomic E-state index is -0.106. The van der Waals surface area contributed by atoms with E-state index in [0.29, 0.717) is 11.3 Å². The third kappa shape index (κ3) is 4.55. The van der Waals surface area contributed by atoms with E-state index >= 15 is 0 Å². The molecule has 5 heteroatoms. The van der Waals surface area contributed by atoms with Crippen molar-refractivity contribution in [2.24, 2.45) is 0 Å². The van der Waals surface area contributed by atoms with Crippen molar-refractivity contribution in [3.8, 4) is 6.07 Å². The summed E-state index contributed by atoms with van der Waals surface area (Å²) in [5.41, 5.74) is 1.16. The lowest BCUT2D eigenvalue weighted by atomic mass is 10.1. The molecular formula is C16H21N3O2. The molecule has 0 spiro atoms. The molecule has 0 aliphatic carbocycles. The largest absolute Gasteiger partial charge is 0.395 e. The van der Waals surface area contributed by atoms with Gasteiger partial charge in [-0.15, -0.1) is 0 Å². The molecule has 112 valence electrons. The zero-order chi connectivity index (χ0) is 15.1.